The van der Waals surface area contributed by atoms with Crippen molar-refractivity contribution in [3.05, 3.63) is 69.2 Å². The van der Waals surface area contributed by atoms with Crippen molar-refractivity contribution in [1.29, 1.82) is 0 Å². The zero-order valence-corrected chi connectivity index (χ0v) is 15.0. The topological polar surface area (TPSA) is 55.7 Å². The van der Waals surface area contributed by atoms with Gasteiger partial charge in [-0.1, -0.05) is 47.5 Å². The summed E-state index contributed by atoms with van der Waals surface area (Å²) in [5.41, 5.74) is 2.55. The van der Waals surface area contributed by atoms with Gasteiger partial charge in [0.1, 0.15) is 0 Å². The molecule has 1 heterocycles. The zero-order chi connectivity index (χ0) is 18.0. The lowest BCUT2D eigenvalue weighted by molar-refractivity contribution is -0.147. The highest BCUT2D eigenvalue weighted by Gasteiger charge is 2.32. The van der Waals surface area contributed by atoms with Gasteiger partial charge in [-0.15, -0.1) is 0 Å². The lowest BCUT2D eigenvalue weighted by Gasteiger charge is -2.12. The van der Waals surface area contributed by atoms with E-state index in [1.165, 1.54) is 0 Å². The Morgan fingerprint density at radius 2 is 1.96 bits per heavy atom. The maximum absolute atomic E-state index is 12.6. The molecule has 0 spiro atoms. The zero-order valence-electron chi connectivity index (χ0n) is 13.5. The van der Waals surface area contributed by atoms with Gasteiger partial charge < -0.3 is 4.74 Å². The van der Waals surface area contributed by atoms with Crippen LogP contribution in [0.3, 0.4) is 0 Å². The largest absolute Gasteiger partial charge is 0.464 e. The number of ether oxygens (including phenoxy) is 1. The highest BCUT2D eigenvalue weighted by atomic mass is 35.5. The molecule has 2 aromatic rings. The van der Waals surface area contributed by atoms with Crippen LogP contribution < -0.4 is 0 Å². The number of carbonyl (C=O) groups excluding carboxylic acids is 2. The minimum atomic E-state index is -1.21. The number of hydrogen-bond donors (Lipinski definition) is 0. The van der Waals surface area contributed by atoms with E-state index in [0.717, 1.165) is 5.56 Å². The van der Waals surface area contributed by atoms with E-state index in [1.54, 1.807) is 43.3 Å². The minimum absolute atomic E-state index is 0.0768. The Balaban J connectivity index is 2.22. The molecule has 1 aliphatic heterocycles. The predicted molar refractivity (Wildman–Crippen MR) is 97.7 cm³/mol. The number of benzene rings is 2. The quantitative estimate of drug-likeness (QED) is 0.603. The van der Waals surface area contributed by atoms with Crippen LogP contribution in [-0.2, 0) is 20.7 Å². The smallest absolute Gasteiger partial charge is 0.338 e. The molecule has 0 radical (unpaired) electrons. The molecule has 4 nitrogen and oxygen atoms in total. The highest BCUT2D eigenvalue weighted by Crippen LogP contribution is 2.28. The van der Waals surface area contributed by atoms with E-state index in [-0.39, 0.29) is 18.8 Å². The van der Waals surface area contributed by atoms with Crippen LogP contribution in [0, 0.1) is 0 Å². The number of nitrogens with zero attached hydrogens (tertiary/aromatic N) is 1. The second-order valence-corrected chi connectivity index (χ2v) is 6.40. The Bertz CT molecular complexity index is 877. The molecule has 0 N–H and O–H groups in total. The third-order valence-electron chi connectivity index (χ3n) is 3.89. The maximum Gasteiger partial charge on any atom is 0.338 e. The number of esters is 1. The Labute approximate surface area is 155 Å². The standard InChI is InChI=1S/C19H15Cl2NO3/c1-2-25-19(24)18-16(23)9-11-7-8-12(20)10-14(11)17(22-18)13-5-3-4-6-15(13)21/h3-8,10,18H,2,9H2,1H3. The molecule has 0 saturated heterocycles. The van der Waals surface area contributed by atoms with Crippen LogP contribution >= 0.6 is 23.2 Å². The molecular weight excluding hydrogens is 361 g/mol. The normalized spacial score (nSPS) is 16.7. The third kappa shape index (κ3) is 3.60. The number of hydrogen-bond acceptors (Lipinski definition) is 4. The van der Waals surface area contributed by atoms with Gasteiger partial charge in [0.25, 0.3) is 0 Å². The Kier molecular flexibility index (Phi) is 5.21. The fraction of sp³-hybridized carbons (Fsp3) is 0.211. The molecule has 0 bridgehead atoms. The van der Waals surface area contributed by atoms with Crippen molar-refractivity contribution in [2.75, 3.05) is 6.61 Å². The molecule has 25 heavy (non-hydrogen) atoms. The van der Waals surface area contributed by atoms with E-state index in [9.17, 15) is 9.59 Å². The van der Waals surface area contributed by atoms with E-state index >= 15 is 0 Å². The molecule has 0 fully saturated rings. The molecular formula is C19H15Cl2NO3. The summed E-state index contributed by atoms with van der Waals surface area (Å²) in [7, 11) is 0. The number of fused-ring (bicyclic) bond motifs is 1. The maximum atomic E-state index is 12.6. The van der Waals surface area contributed by atoms with Gasteiger partial charge in [-0.25, -0.2) is 4.79 Å². The Morgan fingerprint density at radius 3 is 2.68 bits per heavy atom. The molecule has 128 valence electrons. The summed E-state index contributed by atoms with van der Waals surface area (Å²) in [6.45, 7) is 1.87. The summed E-state index contributed by atoms with van der Waals surface area (Å²) in [4.78, 5) is 29.2. The molecule has 1 atom stereocenters. The fourth-order valence-corrected chi connectivity index (χ4v) is 3.15. The van der Waals surface area contributed by atoms with Crippen molar-refractivity contribution in [2.24, 2.45) is 4.99 Å². The highest BCUT2D eigenvalue weighted by molar-refractivity contribution is 6.36. The molecule has 3 rings (SSSR count). The van der Waals surface area contributed by atoms with Crippen LogP contribution in [0.2, 0.25) is 10.0 Å². The van der Waals surface area contributed by atoms with Gasteiger partial charge in [0.15, 0.2) is 5.78 Å². The Hall–Kier alpha value is -2.17. The van der Waals surface area contributed by atoms with Crippen molar-refractivity contribution in [1.82, 2.24) is 0 Å². The first-order valence-electron chi connectivity index (χ1n) is 7.82. The lowest BCUT2D eigenvalue weighted by atomic mass is 9.95. The monoisotopic (exact) mass is 375 g/mol. The molecule has 0 aliphatic carbocycles. The van der Waals surface area contributed by atoms with E-state index in [0.29, 0.717) is 26.9 Å². The minimum Gasteiger partial charge on any atom is -0.464 e. The number of carbonyl (C=O) groups is 2. The van der Waals surface area contributed by atoms with Crippen molar-refractivity contribution >= 4 is 40.7 Å². The average Bonchev–Trinajstić information content (AvgIpc) is 2.72. The summed E-state index contributed by atoms with van der Waals surface area (Å²) < 4.78 is 5.02. The Morgan fingerprint density at radius 1 is 1.20 bits per heavy atom. The molecule has 0 saturated carbocycles. The SMILES string of the molecule is CCOC(=O)C1N=C(c2ccccc2Cl)c2cc(Cl)ccc2CC1=O. The third-order valence-corrected chi connectivity index (χ3v) is 4.46. The van der Waals surface area contributed by atoms with E-state index in [4.69, 9.17) is 27.9 Å². The summed E-state index contributed by atoms with van der Waals surface area (Å²) in [6.07, 6.45) is 0.0768. The molecule has 1 unspecified atom stereocenters. The van der Waals surface area contributed by atoms with Gasteiger partial charge in [0.05, 0.1) is 12.3 Å². The summed E-state index contributed by atoms with van der Waals surface area (Å²) in [5, 5.41) is 0.990. The first kappa shape index (κ1) is 17.6. The first-order valence-corrected chi connectivity index (χ1v) is 8.57. The number of rotatable bonds is 3. The van der Waals surface area contributed by atoms with E-state index in [2.05, 4.69) is 4.99 Å². The first-order chi connectivity index (χ1) is 12.0. The molecule has 2 aromatic carbocycles. The summed E-state index contributed by atoms with van der Waals surface area (Å²) in [6, 6.07) is 11.2. The second-order valence-electron chi connectivity index (χ2n) is 5.56. The van der Waals surface area contributed by atoms with Gasteiger partial charge in [-0.3, -0.25) is 9.79 Å². The average molecular weight is 376 g/mol. The van der Waals surface area contributed by atoms with Crippen LogP contribution in [0.5, 0.6) is 0 Å². The van der Waals surface area contributed by atoms with Crippen LogP contribution in [0.25, 0.3) is 0 Å². The van der Waals surface area contributed by atoms with Gasteiger partial charge in [0, 0.05) is 27.6 Å². The van der Waals surface area contributed by atoms with Crippen LogP contribution in [-0.4, -0.2) is 30.1 Å². The number of ketones is 1. The fourth-order valence-electron chi connectivity index (χ4n) is 2.75. The van der Waals surface area contributed by atoms with Gasteiger partial charge in [-0.05, 0) is 30.7 Å². The van der Waals surface area contributed by atoms with E-state index < -0.39 is 12.0 Å². The summed E-state index contributed by atoms with van der Waals surface area (Å²) >= 11 is 12.5. The van der Waals surface area contributed by atoms with Crippen LogP contribution in [0.15, 0.2) is 47.5 Å². The van der Waals surface area contributed by atoms with Gasteiger partial charge in [-0.2, -0.15) is 0 Å². The van der Waals surface area contributed by atoms with Crippen molar-refractivity contribution in [3.8, 4) is 0 Å². The summed E-state index contributed by atoms with van der Waals surface area (Å²) in [5.74, 6) is -0.972. The van der Waals surface area contributed by atoms with Crippen molar-refractivity contribution in [2.45, 2.75) is 19.4 Å². The van der Waals surface area contributed by atoms with Crippen LogP contribution in [0.4, 0.5) is 0 Å². The predicted octanol–water partition coefficient (Wildman–Crippen LogP) is 3.89. The van der Waals surface area contributed by atoms with E-state index in [1.807, 2.05) is 6.07 Å². The van der Waals surface area contributed by atoms with Gasteiger partial charge in [0.2, 0.25) is 6.04 Å². The number of Topliss-reactive ketones (excluding diaryl/α,β-unsaturated/α-hetero) is 1. The number of halogens is 2. The molecule has 0 amide bonds. The van der Waals surface area contributed by atoms with Crippen molar-refractivity contribution in [3.63, 3.8) is 0 Å². The van der Waals surface area contributed by atoms with Crippen molar-refractivity contribution < 1.29 is 14.3 Å². The lowest BCUT2D eigenvalue weighted by Crippen LogP contribution is -2.31. The molecule has 0 aromatic heterocycles. The molecule has 6 heteroatoms. The number of aliphatic imine (C=N–C) groups is 1. The second kappa shape index (κ2) is 7.38. The van der Waals surface area contributed by atoms with Crippen LogP contribution in [0.1, 0.15) is 23.6 Å². The van der Waals surface area contributed by atoms with Gasteiger partial charge >= 0.3 is 5.97 Å². The molecule has 1 aliphatic rings.